The van der Waals surface area contributed by atoms with Gasteiger partial charge in [0.25, 0.3) is 10.0 Å². The molecule has 0 saturated heterocycles. The van der Waals surface area contributed by atoms with Gasteiger partial charge < -0.3 is 0 Å². The Hall–Kier alpha value is -2.31. The summed E-state index contributed by atoms with van der Waals surface area (Å²) in [7, 11) is -3.63. The minimum Gasteiger partial charge on any atom is -0.280 e. The number of H-pyrrole nitrogens is 1. The molecule has 1 heterocycles. The molecule has 0 saturated carbocycles. The second kappa shape index (κ2) is 5.82. The Morgan fingerprint density at radius 3 is 2.23 bits per heavy atom. The molecule has 0 bridgehead atoms. The number of sulfonamides is 1. The summed E-state index contributed by atoms with van der Waals surface area (Å²) >= 11 is 5.76. The Morgan fingerprint density at radius 2 is 1.64 bits per heavy atom. The van der Waals surface area contributed by atoms with Crippen molar-refractivity contribution in [2.24, 2.45) is 0 Å². The lowest BCUT2D eigenvalue weighted by Gasteiger charge is -2.08. The maximum Gasteiger partial charge on any atom is 0.261 e. The van der Waals surface area contributed by atoms with Crippen molar-refractivity contribution in [3.8, 4) is 11.3 Å². The van der Waals surface area contributed by atoms with Crippen LogP contribution in [0.5, 0.6) is 0 Å². The lowest BCUT2D eigenvalue weighted by Crippen LogP contribution is -2.12. The average molecular weight is 334 g/mol. The largest absolute Gasteiger partial charge is 0.280 e. The molecule has 7 heteroatoms. The number of aromatic nitrogens is 2. The maximum atomic E-state index is 12.3. The Kier molecular flexibility index (Phi) is 3.87. The maximum absolute atomic E-state index is 12.3. The zero-order valence-corrected chi connectivity index (χ0v) is 12.9. The number of anilines is 1. The Balaban J connectivity index is 1.82. The molecule has 2 aromatic carbocycles. The lowest BCUT2D eigenvalue weighted by atomic mass is 10.1. The first-order valence-electron chi connectivity index (χ1n) is 6.43. The summed E-state index contributed by atoms with van der Waals surface area (Å²) in [6.45, 7) is 0. The molecule has 0 radical (unpaired) electrons. The van der Waals surface area contributed by atoms with Crippen LogP contribution >= 0.6 is 11.6 Å². The molecule has 0 spiro atoms. The molecule has 3 aromatic rings. The quantitative estimate of drug-likeness (QED) is 0.767. The zero-order valence-electron chi connectivity index (χ0n) is 11.3. The first-order chi connectivity index (χ1) is 10.5. The molecule has 3 rings (SSSR count). The van der Waals surface area contributed by atoms with Crippen molar-refractivity contribution in [3.63, 3.8) is 0 Å². The zero-order chi connectivity index (χ0) is 15.6. The number of nitrogens with one attached hydrogen (secondary N) is 2. The van der Waals surface area contributed by atoms with Crippen LogP contribution in [0.4, 0.5) is 5.69 Å². The smallest absolute Gasteiger partial charge is 0.261 e. The molecule has 2 N–H and O–H groups in total. The molecule has 0 atom stereocenters. The highest BCUT2D eigenvalue weighted by Gasteiger charge is 2.13. The molecule has 22 heavy (non-hydrogen) atoms. The van der Waals surface area contributed by atoms with E-state index in [1.54, 1.807) is 18.3 Å². The third-order valence-corrected chi connectivity index (χ3v) is 4.72. The first-order valence-corrected chi connectivity index (χ1v) is 8.29. The molecular weight excluding hydrogens is 322 g/mol. The van der Waals surface area contributed by atoms with Gasteiger partial charge >= 0.3 is 0 Å². The van der Waals surface area contributed by atoms with Crippen LogP contribution < -0.4 is 4.72 Å². The number of halogens is 1. The number of hydrogen-bond donors (Lipinski definition) is 2. The van der Waals surface area contributed by atoms with E-state index in [1.807, 2.05) is 18.2 Å². The van der Waals surface area contributed by atoms with Gasteiger partial charge in [0, 0.05) is 16.9 Å². The minimum absolute atomic E-state index is 0.162. The van der Waals surface area contributed by atoms with Gasteiger partial charge in [-0.15, -0.1) is 0 Å². The SMILES string of the molecule is O=S(=O)(Nc1ccc(-c2ccn[nH]2)cc1)c1ccc(Cl)cc1. The number of nitrogens with zero attached hydrogens (tertiary/aromatic N) is 1. The van der Waals surface area contributed by atoms with E-state index in [2.05, 4.69) is 14.9 Å². The van der Waals surface area contributed by atoms with Gasteiger partial charge in [0.2, 0.25) is 0 Å². The van der Waals surface area contributed by atoms with Gasteiger partial charge in [-0.3, -0.25) is 9.82 Å². The lowest BCUT2D eigenvalue weighted by molar-refractivity contribution is 0.601. The van der Waals surface area contributed by atoms with Crippen LogP contribution in [0.3, 0.4) is 0 Å². The monoisotopic (exact) mass is 333 g/mol. The van der Waals surface area contributed by atoms with Crippen LogP contribution in [0, 0.1) is 0 Å². The number of rotatable bonds is 4. The van der Waals surface area contributed by atoms with Crippen LogP contribution in [0.25, 0.3) is 11.3 Å². The highest BCUT2D eigenvalue weighted by atomic mass is 35.5. The van der Waals surface area contributed by atoms with Crippen molar-refractivity contribution in [1.82, 2.24) is 10.2 Å². The van der Waals surface area contributed by atoms with Crippen LogP contribution in [-0.2, 0) is 10.0 Å². The first kappa shape index (κ1) is 14.6. The summed E-state index contributed by atoms with van der Waals surface area (Å²) in [5, 5.41) is 7.22. The van der Waals surface area contributed by atoms with E-state index < -0.39 is 10.0 Å². The summed E-state index contributed by atoms with van der Waals surface area (Å²) in [6.07, 6.45) is 1.66. The predicted molar refractivity (Wildman–Crippen MR) is 86.3 cm³/mol. The fraction of sp³-hybridized carbons (Fsp3) is 0. The molecule has 0 aliphatic heterocycles. The van der Waals surface area contributed by atoms with Crippen molar-refractivity contribution in [3.05, 3.63) is 65.8 Å². The second-order valence-electron chi connectivity index (χ2n) is 4.61. The topological polar surface area (TPSA) is 74.8 Å². The van der Waals surface area contributed by atoms with Crippen LogP contribution in [0.15, 0.2) is 65.7 Å². The van der Waals surface area contributed by atoms with E-state index >= 15 is 0 Å². The second-order valence-corrected chi connectivity index (χ2v) is 6.73. The molecule has 112 valence electrons. The minimum atomic E-state index is -3.63. The van der Waals surface area contributed by atoms with Crippen molar-refractivity contribution in [2.45, 2.75) is 4.90 Å². The van der Waals surface area contributed by atoms with Gasteiger partial charge in [0.1, 0.15) is 0 Å². The van der Waals surface area contributed by atoms with Crippen molar-refractivity contribution in [1.29, 1.82) is 0 Å². The predicted octanol–water partition coefficient (Wildman–Crippen LogP) is 3.53. The Bertz CT molecular complexity index is 858. The van der Waals surface area contributed by atoms with E-state index in [0.717, 1.165) is 11.3 Å². The molecule has 0 unspecified atom stereocenters. The van der Waals surface area contributed by atoms with E-state index in [9.17, 15) is 8.42 Å². The normalized spacial score (nSPS) is 11.3. The third-order valence-electron chi connectivity index (χ3n) is 3.07. The van der Waals surface area contributed by atoms with Crippen molar-refractivity contribution < 1.29 is 8.42 Å². The summed E-state index contributed by atoms with van der Waals surface area (Å²) in [5.41, 5.74) is 2.28. The molecule has 5 nitrogen and oxygen atoms in total. The number of aromatic amines is 1. The van der Waals surface area contributed by atoms with Crippen molar-refractivity contribution >= 4 is 27.3 Å². The van der Waals surface area contributed by atoms with Gasteiger partial charge in [-0.05, 0) is 48.0 Å². The summed E-state index contributed by atoms with van der Waals surface area (Å²) in [6, 6.07) is 14.9. The van der Waals surface area contributed by atoms with Crippen LogP contribution in [-0.4, -0.2) is 18.6 Å². The van der Waals surface area contributed by atoms with Gasteiger partial charge in [-0.25, -0.2) is 8.42 Å². The fourth-order valence-corrected chi connectivity index (χ4v) is 3.15. The van der Waals surface area contributed by atoms with Crippen molar-refractivity contribution in [2.75, 3.05) is 4.72 Å². The van der Waals surface area contributed by atoms with Gasteiger partial charge in [0.05, 0.1) is 10.6 Å². The Morgan fingerprint density at radius 1 is 0.955 bits per heavy atom. The van der Waals surface area contributed by atoms with E-state index in [0.29, 0.717) is 10.7 Å². The summed E-state index contributed by atoms with van der Waals surface area (Å²) in [5.74, 6) is 0. The molecule has 0 aliphatic rings. The third kappa shape index (κ3) is 3.13. The molecule has 0 amide bonds. The molecule has 1 aromatic heterocycles. The van der Waals surface area contributed by atoms with Crippen LogP contribution in [0.1, 0.15) is 0 Å². The number of hydrogen-bond acceptors (Lipinski definition) is 3. The van der Waals surface area contributed by atoms with E-state index in [1.165, 1.54) is 24.3 Å². The highest BCUT2D eigenvalue weighted by molar-refractivity contribution is 7.92. The fourth-order valence-electron chi connectivity index (χ4n) is 1.96. The molecule has 0 fully saturated rings. The Labute approximate surface area is 133 Å². The standard InChI is InChI=1S/C15H12ClN3O2S/c16-12-3-7-14(8-4-12)22(20,21)19-13-5-1-11(2-6-13)15-9-10-17-18-15/h1-10,19H,(H,17,18). The summed E-state index contributed by atoms with van der Waals surface area (Å²) in [4.78, 5) is 0.162. The number of benzene rings is 2. The van der Waals surface area contributed by atoms with Crippen LogP contribution in [0.2, 0.25) is 5.02 Å². The molecule has 0 aliphatic carbocycles. The van der Waals surface area contributed by atoms with Gasteiger partial charge in [-0.1, -0.05) is 23.7 Å². The molecular formula is C15H12ClN3O2S. The van der Waals surface area contributed by atoms with E-state index in [-0.39, 0.29) is 4.90 Å². The van der Waals surface area contributed by atoms with Gasteiger partial charge in [-0.2, -0.15) is 5.10 Å². The van der Waals surface area contributed by atoms with E-state index in [4.69, 9.17) is 11.6 Å². The average Bonchev–Trinajstić information content (AvgIpc) is 3.02. The summed E-state index contributed by atoms with van der Waals surface area (Å²) < 4.78 is 27.0. The van der Waals surface area contributed by atoms with Gasteiger partial charge in [0.15, 0.2) is 0 Å². The highest BCUT2D eigenvalue weighted by Crippen LogP contribution is 2.22.